The summed E-state index contributed by atoms with van der Waals surface area (Å²) in [6, 6.07) is 7.56. The molecule has 4 heterocycles. The minimum absolute atomic E-state index is 0.0505. The van der Waals surface area contributed by atoms with Crippen molar-refractivity contribution in [2.24, 2.45) is 11.8 Å². The average Bonchev–Trinajstić information content (AvgIpc) is 3.45. The molecule has 256 valence electrons. The number of benzene rings is 1. The normalized spacial score (nSPS) is 31.6. The number of esters is 1. The van der Waals surface area contributed by atoms with Crippen molar-refractivity contribution in [3.63, 3.8) is 0 Å². The van der Waals surface area contributed by atoms with Crippen molar-refractivity contribution in [3.05, 3.63) is 60.2 Å². The molecule has 2 N–H and O–H groups in total. The Kier molecular flexibility index (Phi) is 11.9. The van der Waals surface area contributed by atoms with Crippen molar-refractivity contribution in [1.29, 1.82) is 0 Å². The summed E-state index contributed by atoms with van der Waals surface area (Å²) in [6.45, 7) is 3.52. The van der Waals surface area contributed by atoms with Crippen LogP contribution in [0.3, 0.4) is 0 Å². The number of nitrogens with zero attached hydrogens (tertiary/aromatic N) is 2. The maximum absolute atomic E-state index is 14.6. The summed E-state index contributed by atoms with van der Waals surface area (Å²) < 4.78 is 18.5. The van der Waals surface area contributed by atoms with Crippen LogP contribution in [-0.2, 0) is 33.4 Å². The van der Waals surface area contributed by atoms with Gasteiger partial charge < -0.3 is 34.4 Å². The van der Waals surface area contributed by atoms with Gasteiger partial charge in [-0.3, -0.25) is 19.2 Å². The monoisotopic (exact) mass is 651 g/mol. The van der Waals surface area contributed by atoms with Crippen LogP contribution in [0.2, 0.25) is 0 Å². The molecule has 3 amide bonds. The minimum Gasteiger partial charge on any atom is -0.455 e. The summed E-state index contributed by atoms with van der Waals surface area (Å²) in [5.41, 5.74) is -0.694. The van der Waals surface area contributed by atoms with Crippen molar-refractivity contribution in [2.45, 2.75) is 88.2 Å². The van der Waals surface area contributed by atoms with E-state index >= 15 is 0 Å². The number of aliphatic hydroxyl groups excluding tert-OH is 1. The first-order valence-electron chi connectivity index (χ1n) is 17.1. The summed E-state index contributed by atoms with van der Waals surface area (Å²) >= 11 is 0. The highest BCUT2D eigenvalue weighted by Gasteiger charge is 2.71. The lowest BCUT2D eigenvalue weighted by Gasteiger charge is -2.35. The fourth-order valence-corrected chi connectivity index (χ4v) is 7.50. The van der Waals surface area contributed by atoms with E-state index in [-0.39, 0.29) is 37.4 Å². The van der Waals surface area contributed by atoms with E-state index in [1.807, 2.05) is 42.5 Å². The number of fused-ring (bicyclic) bond motifs is 2. The van der Waals surface area contributed by atoms with Crippen LogP contribution >= 0.6 is 0 Å². The zero-order chi connectivity index (χ0) is 33.4. The standard InChI is InChI=1S/C36H49N3O8/c1-3-4-11-20-38-21-14-19-36-30(33(42)39(32(36)34(38)43)22-12-6-13-23-40)29-27(47-36)17-9-10-18-28(41)37-26(24-45-2)31(46-35(29)44)25-15-7-5-8-16-25/h5,7-9,14-17,19,26-27,29-32,40H,3-4,6,10-13,18,20-24H2,1-2H3,(H,37,41)/b17-9-/t26-,27-,29+,30+,31-,32-,36+/m0/s1. The number of amides is 3. The number of hydrogen-bond donors (Lipinski definition) is 2. The summed E-state index contributed by atoms with van der Waals surface area (Å²) in [5, 5.41) is 12.3. The predicted octanol–water partition coefficient (Wildman–Crippen LogP) is 3.08. The number of hydrogen-bond acceptors (Lipinski definition) is 8. The summed E-state index contributed by atoms with van der Waals surface area (Å²) in [6.07, 6.45) is 10.9. The number of likely N-dealkylation sites (tertiary alicyclic amines) is 1. The van der Waals surface area contributed by atoms with Gasteiger partial charge in [0.1, 0.15) is 23.7 Å². The first kappa shape index (κ1) is 34.8. The fraction of sp³-hybridized carbons (Fsp3) is 0.611. The molecule has 0 radical (unpaired) electrons. The summed E-state index contributed by atoms with van der Waals surface area (Å²) in [4.78, 5) is 59.8. The lowest BCUT2D eigenvalue weighted by atomic mass is 9.77. The highest BCUT2D eigenvalue weighted by Crippen LogP contribution is 2.53. The molecule has 2 saturated heterocycles. The number of ether oxygens (including phenoxy) is 3. The van der Waals surface area contributed by atoms with E-state index in [0.717, 1.165) is 19.3 Å². The molecule has 11 nitrogen and oxygen atoms in total. The number of allylic oxidation sites excluding steroid dienone is 1. The third-order valence-corrected chi connectivity index (χ3v) is 9.73. The predicted molar refractivity (Wildman–Crippen MR) is 174 cm³/mol. The number of carbonyl (C=O) groups excluding carboxylic acids is 4. The molecule has 0 aliphatic carbocycles. The van der Waals surface area contributed by atoms with Crippen LogP contribution in [0.5, 0.6) is 0 Å². The zero-order valence-corrected chi connectivity index (χ0v) is 27.6. The second-order valence-electron chi connectivity index (χ2n) is 12.9. The van der Waals surface area contributed by atoms with Crippen LogP contribution in [0.1, 0.15) is 70.0 Å². The SMILES string of the molecule is CCCCCN1CC=C[C@@]23O[C@H]4/C=C\CCC(=O)N[C@@H](COC)[C@H](c5ccccc5)OC(=O)[C@H]4[C@@H]2C(=O)N(CCCCCO)[C@H]3C1=O. The van der Waals surface area contributed by atoms with E-state index in [1.54, 1.807) is 22.0 Å². The maximum Gasteiger partial charge on any atom is 0.313 e. The number of nitrogens with one attached hydrogen (secondary N) is 1. The van der Waals surface area contributed by atoms with Crippen LogP contribution in [0.15, 0.2) is 54.6 Å². The van der Waals surface area contributed by atoms with Gasteiger partial charge in [-0.05, 0) is 37.7 Å². The average molecular weight is 652 g/mol. The van der Waals surface area contributed by atoms with Gasteiger partial charge in [-0.2, -0.15) is 0 Å². The maximum atomic E-state index is 14.6. The Morgan fingerprint density at radius 3 is 2.53 bits per heavy atom. The van der Waals surface area contributed by atoms with Gasteiger partial charge in [0.15, 0.2) is 0 Å². The molecule has 1 aromatic carbocycles. The number of aliphatic hydroxyl groups is 1. The Bertz CT molecular complexity index is 1320. The Hall–Kier alpha value is -3.54. The van der Waals surface area contributed by atoms with Gasteiger partial charge >= 0.3 is 5.97 Å². The summed E-state index contributed by atoms with van der Waals surface area (Å²) in [7, 11) is 1.52. The number of rotatable bonds is 12. The van der Waals surface area contributed by atoms with Gasteiger partial charge in [0.05, 0.1) is 24.7 Å². The molecule has 1 spiro atoms. The first-order chi connectivity index (χ1) is 22.9. The highest BCUT2D eigenvalue weighted by molar-refractivity contribution is 5.99. The van der Waals surface area contributed by atoms with Crippen LogP contribution in [0.4, 0.5) is 0 Å². The minimum atomic E-state index is -1.37. The van der Waals surface area contributed by atoms with Gasteiger partial charge in [-0.25, -0.2) is 0 Å². The molecule has 7 atom stereocenters. The molecule has 0 saturated carbocycles. The van der Waals surface area contributed by atoms with Crippen molar-refractivity contribution in [3.8, 4) is 0 Å². The van der Waals surface area contributed by atoms with Crippen molar-refractivity contribution >= 4 is 23.7 Å². The molecule has 11 heteroatoms. The zero-order valence-electron chi connectivity index (χ0n) is 27.6. The van der Waals surface area contributed by atoms with Crippen molar-refractivity contribution in [1.82, 2.24) is 15.1 Å². The van der Waals surface area contributed by atoms with E-state index in [9.17, 15) is 24.3 Å². The third kappa shape index (κ3) is 7.32. The number of methoxy groups -OCH3 is 1. The van der Waals surface area contributed by atoms with E-state index in [1.165, 1.54) is 7.11 Å². The Balaban J connectivity index is 1.55. The van der Waals surface area contributed by atoms with E-state index in [2.05, 4.69) is 12.2 Å². The van der Waals surface area contributed by atoms with Crippen molar-refractivity contribution < 1.29 is 38.5 Å². The molecule has 0 bridgehead atoms. The Morgan fingerprint density at radius 2 is 1.79 bits per heavy atom. The lowest BCUT2D eigenvalue weighted by molar-refractivity contribution is -0.162. The topological polar surface area (TPSA) is 135 Å². The van der Waals surface area contributed by atoms with Crippen LogP contribution in [0.25, 0.3) is 0 Å². The highest BCUT2D eigenvalue weighted by atomic mass is 16.6. The summed E-state index contributed by atoms with van der Waals surface area (Å²) in [5.74, 6) is -3.35. The van der Waals surface area contributed by atoms with E-state index < -0.39 is 47.7 Å². The molecule has 4 aliphatic heterocycles. The largest absolute Gasteiger partial charge is 0.455 e. The fourth-order valence-electron chi connectivity index (χ4n) is 7.50. The molecular formula is C36H49N3O8. The lowest BCUT2D eigenvalue weighted by Crippen LogP contribution is -2.55. The first-order valence-corrected chi connectivity index (χ1v) is 17.1. The van der Waals surface area contributed by atoms with Gasteiger partial charge in [-0.1, -0.05) is 74.4 Å². The molecule has 1 aromatic rings. The van der Waals surface area contributed by atoms with Gasteiger partial charge in [0, 0.05) is 39.8 Å². The Labute approximate surface area is 277 Å². The molecule has 0 unspecified atom stereocenters. The van der Waals surface area contributed by atoms with Gasteiger partial charge in [-0.15, -0.1) is 0 Å². The second-order valence-corrected chi connectivity index (χ2v) is 12.9. The molecular weight excluding hydrogens is 602 g/mol. The van der Waals surface area contributed by atoms with Gasteiger partial charge in [0.25, 0.3) is 0 Å². The van der Waals surface area contributed by atoms with Crippen LogP contribution < -0.4 is 5.32 Å². The van der Waals surface area contributed by atoms with Crippen molar-refractivity contribution in [2.75, 3.05) is 40.0 Å². The van der Waals surface area contributed by atoms with E-state index in [4.69, 9.17) is 14.2 Å². The number of carbonyl (C=O) groups is 4. The molecule has 2 fully saturated rings. The molecule has 4 aliphatic rings. The molecule has 0 aromatic heterocycles. The number of cyclic esters (lactones) is 1. The van der Waals surface area contributed by atoms with E-state index in [0.29, 0.717) is 50.9 Å². The van der Waals surface area contributed by atoms with Crippen LogP contribution in [-0.4, -0.2) is 102 Å². The van der Waals surface area contributed by atoms with Gasteiger partial charge in [0.2, 0.25) is 17.7 Å². The molecule has 5 rings (SSSR count). The third-order valence-electron chi connectivity index (χ3n) is 9.73. The Morgan fingerprint density at radius 1 is 1.00 bits per heavy atom. The second kappa shape index (κ2) is 16.0. The molecule has 47 heavy (non-hydrogen) atoms. The quantitative estimate of drug-likeness (QED) is 0.200. The number of unbranched alkanes of at least 4 members (excludes halogenated alkanes) is 4. The smallest absolute Gasteiger partial charge is 0.313 e. The van der Waals surface area contributed by atoms with Crippen LogP contribution in [0, 0.1) is 11.8 Å².